The Morgan fingerprint density at radius 3 is 2.46 bits per heavy atom. The molecule has 1 atom stereocenters. The van der Waals surface area contributed by atoms with Gasteiger partial charge in [0.25, 0.3) is 5.91 Å². The largest absolute Gasteiger partial charge is 0.452 e. The van der Waals surface area contributed by atoms with E-state index in [0.717, 1.165) is 4.88 Å². The van der Waals surface area contributed by atoms with Gasteiger partial charge in [-0.15, -0.1) is 11.3 Å². The van der Waals surface area contributed by atoms with Crippen molar-refractivity contribution in [3.05, 3.63) is 52.2 Å². The minimum atomic E-state index is -3.58. The lowest BCUT2D eigenvalue weighted by Crippen LogP contribution is -2.30. The smallest absolute Gasteiger partial charge is 0.338 e. The summed E-state index contributed by atoms with van der Waals surface area (Å²) in [6.45, 7) is 3.37. The normalized spacial score (nSPS) is 12.4. The Labute approximate surface area is 156 Å². The van der Waals surface area contributed by atoms with Gasteiger partial charge in [0.1, 0.15) is 0 Å². The fourth-order valence-corrected chi connectivity index (χ4v) is 3.93. The van der Waals surface area contributed by atoms with Crippen LogP contribution in [0.15, 0.2) is 46.7 Å². The predicted octanol–water partition coefficient (Wildman–Crippen LogP) is 2.08. The van der Waals surface area contributed by atoms with Crippen LogP contribution in [0.3, 0.4) is 0 Å². The van der Waals surface area contributed by atoms with Crippen molar-refractivity contribution in [1.82, 2.24) is 10.0 Å². The maximum Gasteiger partial charge on any atom is 0.338 e. The van der Waals surface area contributed by atoms with Crippen molar-refractivity contribution in [3.63, 3.8) is 0 Å². The van der Waals surface area contributed by atoms with Crippen LogP contribution in [0.1, 0.15) is 35.1 Å². The van der Waals surface area contributed by atoms with Gasteiger partial charge in [0.2, 0.25) is 10.0 Å². The standard InChI is InChI=1S/C17H20N2O5S2/c1-3-18-26(22,23)14-8-6-13(7-9-14)17(21)24-11-16(20)19-12(2)15-5-4-10-25-15/h4-10,12,18H,3,11H2,1-2H3,(H,19,20)/t12-/m0/s1. The fourth-order valence-electron chi connectivity index (χ4n) is 2.15. The Kier molecular flexibility index (Phi) is 6.90. The van der Waals surface area contributed by atoms with Crippen molar-refractivity contribution in [1.29, 1.82) is 0 Å². The SMILES string of the molecule is CCNS(=O)(=O)c1ccc(C(=O)OCC(=O)N[C@@H](C)c2cccs2)cc1. The lowest BCUT2D eigenvalue weighted by molar-refractivity contribution is -0.124. The number of carbonyl (C=O) groups excluding carboxylic acids is 2. The van der Waals surface area contributed by atoms with Crippen molar-refractivity contribution in [3.8, 4) is 0 Å². The van der Waals surface area contributed by atoms with E-state index >= 15 is 0 Å². The maximum absolute atomic E-state index is 12.0. The molecule has 1 aromatic heterocycles. The highest BCUT2D eigenvalue weighted by atomic mass is 32.2. The van der Waals surface area contributed by atoms with Crippen LogP contribution < -0.4 is 10.0 Å². The zero-order chi connectivity index (χ0) is 19.2. The fraction of sp³-hybridized carbons (Fsp3) is 0.294. The van der Waals surface area contributed by atoms with Crippen molar-refractivity contribution >= 4 is 33.2 Å². The molecule has 0 saturated heterocycles. The third kappa shape index (κ3) is 5.38. The average Bonchev–Trinajstić information content (AvgIpc) is 3.14. The first-order valence-electron chi connectivity index (χ1n) is 7.93. The van der Waals surface area contributed by atoms with Crippen molar-refractivity contribution in [2.24, 2.45) is 0 Å². The third-order valence-electron chi connectivity index (χ3n) is 3.42. The van der Waals surface area contributed by atoms with Gasteiger partial charge in [-0.1, -0.05) is 13.0 Å². The van der Waals surface area contributed by atoms with Crippen LogP contribution in [0.25, 0.3) is 0 Å². The van der Waals surface area contributed by atoms with Crippen LogP contribution in [0.2, 0.25) is 0 Å². The van der Waals surface area contributed by atoms with Gasteiger partial charge in [-0.05, 0) is 42.6 Å². The van der Waals surface area contributed by atoms with E-state index in [9.17, 15) is 18.0 Å². The second-order valence-electron chi connectivity index (χ2n) is 5.41. The molecule has 7 nitrogen and oxygen atoms in total. The molecule has 0 spiro atoms. The third-order valence-corrected chi connectivity index (χ3v) is 6.03. The summed E-state index contributed by atoms with van der Waals surface area (Å²) in [4.78, 5) is 24.9. The van der Waals surface area contributed by atoms with E-state index in [0.29, 0.717) is 0 Å². The molecule has 2 N–H and O–H groups in total. The first-order chi connectivity index (χ1) is 12.3. The van der Waals surface area contributed by atoms with E-state index in [1.807, 2.05) is 24.4 Å². The Morgan fingerprint density at radius 2 is 1.88 bits per heavy atom. The van der Waals surface area contributed by atoms with E-state index in [1.165, 1.54) is 35.6 Å². The summed E-state index contributed by atoms with van der Waals surface area (Å²) >= 11 is 1.52. The predicted molar refractivity (Wildman–Crippen MR) is 98.5 cm³/mol. The summed E-state index contributed by atoms with van der Waals surface area (Å²) in [5.74, 6) is -1.11. The van der Waals surface area contributed by atoms with Crippen molar-refractivity contribution in [2.45, 2.75) is 24.8 Å². The average molecular weight is 396 g/mol. The van der Waals surface area contributed by atoms with E-state index in [4.69, 9.17) is 4.74 Å². The Hall–Kier alpha value is -2.23. The zero-order valence-corrected chi connectivity index (χ0v) is 16.0. The van der Waals surface area contributed by atoms with Gasteiger partial charge in [-0.25, -0.2) is 17.9 Å². The molecule has 140 valence electrons. The number of ether oxygens (including phenoxy) is 1. The van der Waals surface area contributed by atoms with E-state index in [2.05, 4.69) is 10.0 Å². The van der Waals surface area contributed by atoms with Gasteiger partial charge in [-0.3, -0.25) is 4.79 Å². The maximum atomic E-state index is 12.0. The van der Waals surface area contributed by atoms with Gasteiger partial charge in [0.15, 0.2) is 6.61 Å². The molecule has 2 aromatic rings. The number of benzene rings is 1. The molecule has 0 aliphatic rings. The van der Waals surface area contributed by atoms with Crippen LogP contribution in [0, 0.1) is 0 Å². The Bertz CT molecular complexity index is 846. The molecule has 0 bridgehead atoms. The van der Waals surface area contributed by atoms with Crippen molar-refractivity contribution in [2.75, 3.05) is 13.2 Å². The highest BCUT2D eigenvalue weighted by Crippen LogP contribution is 2.18. The Morgan fingerprint density at radius 1 is 1.19 bits per heavy atom. The van der Waals surface area contributed by atoms with Gasteiger partial charge in [0.05, 0.1) is 16.5 Å². The molecule has 0 radical (unpaired) electrons. The molecule has 9 heteroatoms. The molecule has 1 heterocycles. The molecule has 0 unspecified atom stereocenters. The minimum absolute atomic E-state index is 0.0541. The number of rotatable bonds is 8. The van der Waals surface area contributed by atoms with Crippen LogP contribution in [-0.4, -0.2) is 33.4 Å². The number of amides is 1. The molecule has 1 amide bonds. The number of hydrogen-bond acceptors (Lipinski definition) is 6. The first kappa shape index (κ1) is 20.1. The number of hydrogen-bond donors (Lipinski definition) is 2. The summed E-state index contributed by atoms with van der Waals surface area (Å²) in [7, 11) is -3.58. The van der Waals surface area contributed by atoms with Crippen LogP contribution >= 0.6 is 11.3 Å². The van der Waals surface area contributed by atoms with Gasteiger partial charge >= 0.3 is 5.97 Å². The second-order valence-corrected chi connectivity index (χ2v) is 8.15. The molecular formula is C17H20N2O5S2. The van der Waals surface area contributed by atoms with Crippen LogP contribution in [0.5, 0.6) is 0 Å². The van der Waals surface area contributed by atoms with Crippen LogP contribution in [-0.2, 0) is 19.6 Å². The number of sulfonamides is 1. The quantitative estimate of drug-likeness (QED) is 0.665. The number of carbonyl (C=O) groups is 2. The summed E-state index contributed by atoms with van der Waals surface area (Å²) in [5.41, 5.74) is 0.166. The van der Waals surface area contributed by atoms with Gasteiger partial charge < -0.3 is 10.1 Å². The molecule has 0 fully saturated rings. The number of nitrogens with one attached hydrogen (secondary N) is 2. The summed E-state index contributed by atoms with van der Waals surface area (Å²) in [6, 6.07) is 8.95. The van der Waals surface area contributed by atoms with Gasteiger partial charge in [-0.2, -0.15) is 0 Å². The van der Waals surface area contributed by atoms with E-state index < -0.39 is 28.5 Å². The number of esters is 1. The molecule has 0 aliphatic carbocycles. The van der Waals surface area contributed by atoms with Gasteiger partial charge in [0, 0.05) is 11.4 Å². The summed E-state index contributed by atoms with van der Waals surface area (Å²) < 4.78 is 31.0. The first-order valence-corrected chi connectivity index (χ1v) is 10.3. The zero-order valence-electron chi connectivity index (χ0n) is 14.4. The second kappa shape index (κ2) is 8.93. The lowest BCUT2D eigenvalue weighted by atomic mass is 10.2. The summed E-state index contributed by atoms with van der Waals surface area (Å²) in [6.07, 6.45) is 0. The highest BCUT2D eigenvalue weighted by molar-refractivity contribution is 7.89. The molecule has 1 aromatic carbocycles. The summed E-state index contributed by atoms with van der Waals surface area (Å²) in [5, 5.41) is 4.65. The minimum Gasteiger partial charge on any atom is -0.452 e. The van der Waals surface area contributed by atoms with E-state index in [1.54, 1.807) is 6.92 Å². The van der Waals surface area contributed by atoms with E-state index in [-0.39, 0.29) is 23.0 Å². The number of thiophene rings is 1. The lowest BCUT2D eigenvalue weighted by Gasteiger charge is -2.12. The Balaban J connectivity index is 1.88. The molecule has 26 heavy (non-hydrogen) atoms. The van der Waals surface area contributed by atoms with Crippen LogP contribution in [0.4, 0.5) is 0 Å². The molecular weight excluding hydrogens is 376 g/mol. The molecule has 0 saturated carbocycles. The van der Waals surface area contributed by atoms with Crippen molar-refractivity contribution < 1.29 is 22.7 Å². The molecule has 2 rings (SSSR count). The monoisotopic (exact) mass is 396 g/mol. The topological polar surface area (TPSA) is 102 Å². The highest BCUT2D eigenvalue weighted by Gasteiger charge is 2.16. The molecule has 0 aliphatic heterocycles.